The van der Waals surface area contributed by atoms with E-state index in [0.717, 1.165) is 5.75 Å². The van der Waals surface area contributed by atoms with Gasteiger partial charge in [0.25, 0.3) is 11.1 Å². The topological polar surface area (TPSA) is 140 Å². The molecule has 0 fully saturated rings. The molecule has 0 atom stereocenters. The largest absolute Gasteiger partial charge is 0.493 e. The maximum atomic E-state index is 12.5. The number of ether oxygens (including phenoxy) is 3. The van der Waals surface area contributed by atoms with Crippen molar-refractivity contribution < 1.29 is 27.4 Å². The zero-order valence-electron chi connectivity index (χ0n) is 18.9. The molecule has 182 valence electrons. The molecule has 0 spiro atoms. The molecule has 0 bridgehead atoms. The summed E-state index contributed by atoms with van der Waals surface area (Å²) in [7, 11) is -2.12. The average Bonchev–Trinajstić information content (AvgIpc) is 3.35. The summed E-state index contributed by atoms with van der Waals surface area (Å²) in [6, 6.07) is 16.1. The lowest BCUT2D eigenvalue weighted by molar-refractivity contribution is -0.112. The van der Waals surface area contributed by atoms with Gasteiger partial charge in [-0.05, 0) is 35.9 Å². The Balaban J connectivity index is 1.65. The van der Waals surface area contributed by atoms with E-state index in [1.807, 2.05) is 36.4 Å². The number of nitrogens with one attached hydrogen (secondary N) is 1. The van der Waals surface area contributed by atoms with Crippen LogP contribution in [-0.2, 0) is 14.6 Å². The Morgan fingerprint density at radius 2 is 1.89 bits per heavy atom. The number of amides is 1. The Morgan fingerprint density at radius 3 is 2.57 bits per heavy atom. The average molecular weight is 515 g/mol. The molecule has 2 aromatic carbocycles. The summed E-state index contributed by atoms with van der Waals surface area (Å²) in [6.45, 7) is 2.08. The Bertz CT molecular complexity index is 1350. The van der Waals surface area contributed by atoms with Crippen LogP contribution in [0.3, 0.4) is 0 Å². The number of rotatable bonds is 11. The summed E-state index contributed by atoms with van der Waals surface area (Å²) in [5, 5.41) is 11.5. The van der Waals surface area contributed by atoms with Gasteiger partial charge in [0.2, 0.25) is 15.0 Å². The van der Waals surface area contributed by atoms with Crippen molar-refractivity contribution in [2.75, 3.05) is 31.4 Å². The molecule has 0 aliphatic carbocycles. The number of hydrogen-bond acceptors (Lipinski definition) is 10. The molecule has 1 heterocycles. The molecule has 3 rings (SSSR count). The van der Waals surface area contributed by atoms with Gasteiger partial charge in [-0.25, -0.2) is 8.42 Å². The van der Waals surface area contributed by atoms with Gasteiger partial charge in [0, 0.05) is 11.5 Å². The lowest BCUT2D eigenvalue weighted by Crippen LogP contribution is -2.14. The molecule has 0 unspecified atom stereocenters. The first kappa shape index (κ1) is 25.7. The molecular formula is C23H22N4O6S2. The smallest absolute Gasteiger partial charge is 0.268 e. The molecular weight excluding hydrogens is 492 g/mol. The van der Waals surface area contributed by atoms with Crippen LogP contribution in [0.15, 0.2) is 59.3 Å². The van der Waals surface area contributed by atoms with E-state index >= 15 is 0 Å². The summed E-state index contributed by atoms with van der Waals surface area (Å²) in [5.41, 5.74) is 0.306. The number of hydrogen-bond donors (Lipinski definition) is 1. The van der Waals surface area contributed by atoms with E-state index in [1.165, 1.54) is 20.1 Å². The first-order valence-corrected chi connectivity index (χ1v) is 12.8. The van der Waals surface area contributed by atoms with Gasteiger partial charge in [-0.15, -0.1) is 0 Å². The molecule has 0 radical (unpaired) electrons. The van der Waals surface area contributed by atoms with Crippen LogP contribution in [0.4, 0.5) is 5.13 Å². The van der Waals surface area contributed by atoms with Gasteiger partial charge < -0.3 is 14.2 Å². The second-order valence-electron chi connectivity index (χ2n) is 6.83. The maximum absolute atomic E-state index is 12.5. The third-order valence-corrected chi connectivity index (χ3v) is 6.75. The van der Waals surface area contributed by atoms with Crippen LogP contribution in [-0.4, -0.2) is 49.8 Å². The molecule has 1 amide bonds. The SMILES string of the molecule is CCS(=O)(=O)c1nsc(NC(=O)/C(C#N)=C\c2ccc(OCCOc3ccccc3)c(OC)c2)n1. The van der Waals surface area contributed by atoms with Crippen molar-refractivity contribution in [2.45, 2.75) is 12.1 Å². The number of nitriles is 1. The van der Waals surface area contributed by atoms with Gasteiger partial charge in [-0.1, -0.05) is 31.2 Å². The lowest BCUT2D eigenvalue weighted by Gasteiger charge is -2.12. The fraction of sp³-hybridized carbons (Fsp3) is 0.217. The van der Waals surface area contributed by atoms with Crippen LogP contribution < -0.4 is 19.5 Å². The second-order valence-corrected chi connectivity index (χ2v) is 9.75. The van der Waals surface area contributed by atoms with Crippen molar-refractivity contribution in [1.82, 2.24) is 9.36 Å². The number of aromatic nitrogens is 2. The van der Waals surface area contributed by atoms with Crippen LogP contribution in [0, 0.1) is 11.3 Å². The predicted molar refractivity (Wildman–Crippen MR) is 130 cm³/mol. The van der Waals surface area contributed by atoms with E-state index in [9.17, 15) is 18.5 Å². The summed E-state index contributed by atoms with van der Waals surface area (Å²) < 4.78 is 44.1. The van der Waals surface area contributed by atoms with Crippen molar-refractivity contribution >= 4 is 38.5 Å². The number of benzene rings is 2. The second kappa shape index (κ2) is 12.0. The molecule has 0 saturated carbocycles. The number of carbonyl (C=O) groups is 1. The fourth-order valence-electron chi connectivity index (χ4n) is 2.72. The van der Waals surface area contributed by atoms with Gasteiger partial charge in [0.1, 0.15) is 30.6 Å². The van der Waals surface area contributed by atoms with Crippen LogP contribution in [0.2, 0.25) is 0 Å². The van der Waals surface area contributed by atoms with Crippen LogP contribution in [0.5, 0.6) is 17.2 Å². The number of para-hydroxylation sites is 1. The fourth-order valence-corrected chi connectivity index (χ4v) is 4.30. The monoisotopic (exact) mass is 514 g/mol. The lowest BCUT2D eigenvalue weighted by atomic mass is 10.1. The summed E-state index contributed by atoms with van der Waals surface area (Å²) in [6.07, 6.45) is 1.37. The highest BCUT2D eigenvalue weighted by Crippen LogP contribution is 2.29. The number of nitrogens with zero attached hydrogens (tertiary/aromatic N) is 3. The molecule has 1 N–H and O–H groups in total. The highest BCUT2D eigenvalue weighted by Gasteiger charge is 2.20. The minimum Gasteiger partial charge on any atom is -0.493 e. The normalized spacial score (nSPS) is 11.4. The molecule has 0 aliphatic rings. The van der Waals surface area contributed by atoms with Gasteiger partial charge in [-0.2, -0.15) is 14.6 Å². The van der Waals surface area contributed by atoms with E-state index in [1.54, 1.807) is 18.2 Å². The zero-order valence-corrected chi connectivity index (χ0v) is 20.6. The van der Waals surface area contributed by atoms with E-state index in [-0.39, 0.29) is 28.2 Å². The number of sulfone groups is 1. The Hall–Kier alpha value is -3.95. The van der Waals surface area contributed by atoms with Crippen molar-refractivity contribution in [3.05, 3.63) is 59.7 Å². The van der Waals surface area contributed by atoms with Gasteiger partial charge in [0.05, 0.1) is 12.9 Å². The third-order valence-electron chi connectivity index (χ3n) is 4.50. The Morgan fingerprint density at radius 1 is 1.14 bits per heavy atom. The predicted octanol–water partition coefficient (Wildman–Crippen LogP) is 3.34. The molecule has 12 heteroatoms. The zero-order chi connectivity index (χ0) is 25.3. The molecule has 0 aliphatic heterocycles. The Kier molecular flexibility index (Phi) is 8.77. The van der Waals surface area contributed by atoms with E-state index in [4.69, 9.17) is 14.2 Å². The first-order chi connectivity index (χ1) is 16.9. The summed E-state index contributed by atoms with van der Waals surface area (Å²) in [5.74, 6) is 0.712. The minimum absolute atomic E-state index is 0.0257. The van der Waals surface area contributed by atoms with Crippen LogP contribution >= 0.6 is 11.5 Å². The molecule has 10 nitrogen and oxygen atoms in total. The first-order valence-electron chi connectivity index (χ1n) is 10.3. The minimum atomic E-state index is -3.60. The van der Waals surface area contributed by atoms with Crippen LogP contribution in [0.1, 0.15) is 12.5 Å². The molecule has 3 aromatic rings. The van der Waals surface area contributed by atoms with Crippen molar-refractivity contribution in [3.8, 4) is 23.3 Å². The maximum Gasteiger partial charge on any atom is 0.268 e. The van der Waals surface area contributed by atoms with Crippen molar-refractivity contribution in [1.29, 1.82) is 5.26 Å². The highest BCUT2D eigenvalue weighted by atomic mass is 32.2. The number of methoxy groups -OCH3 is 1. The van der Waals surface area contributed by atoms with Crippen molar-refractivity contribution in [3.63, 3.8) is 0 Å². The van der Waals surface area contributed by atoms with E-state index in [0.29, 0.717) is 35.2 Å². The Labute approximate surface area is 206 Å². The molecule has 0 saturated heterocycles. The summed E-state index contributed by atoms with van der Waals surface area (Å²) in [4.78, 5) is 16.3. The van der Waals surface area contributed by atoms with E-state index in [2.05, 4.69) is 14.7 Å². The van der Waals surface area contributed by atoms with Gasteiger partial charge in [0.15, 0.2) is 11.5 Å². The highest BCUT2D eigenvalue weighted by molar-refractivity contribution is 7.91. The van der Waals surface area contributed by atoms with Crippen LogP contribution in [0.25, 0.3) is 6.08 Å². The van der Waals surface area contributed by atoms with Gasteiger partial charge in [-0.3, -0.25) is 10.1 Å². The molecule has 35 heavy (non-hydrogen) atoms. The quantitative estimate of drug-likeness (QED) is 0.232. The third kappa shape index (κ3) is 7.02. The van der Waals surface area contributed by atoms with E-state index < -0.39 is 15.7 Å². The summed E-state index contributed by atoms with van der Waals surface area (Å²) >= 11 is 0.715. The number of anilines is 1. The standard InChI is InChI=1S/C23H22N4O6S2/c1-3-35(29,30)23-26-22(34-27-23)25-21(28)17(15-24)13-16-9-10-19(20(14-16)31-2)33-12-11-32-18-7-5-4-6-8-18/h4-10,13-14H,3,11-12H2,1-2H3,(H,25,26,27,28)/b17-13-. The van der Waals surface area contributed by atoms with Gasteiger partial charge >= 0.3 is 0 Å². The van der Waals surface area contributed by atoms with Crippen molar-refractivity contribution in [2.24, 2.45) is 0 Å². The number of carbonyl (C=O) groups excluding carboxylic acids is 1. The molecule has 1 aromatic heterocycles.